The quantitative estimate of drug-likeness (QED) is 0.578. The molecule has 0 amide bonds. The Morgan fingerprint density at radius 3 is 2.69 bits per heavy atom. The number of hydrogen-bond donors (Lipinski definition) is 0. The van der Waals surface area contributed by atoms with Gasteiger partial charge in [-0.25, -0.2) is 4.45 Å². The van der Waals surface area contributed by atoms with E-state index in [1.54, 1.807) is 0 Å². The van der Waals surface area contributed by atoms with Gasteiger partial charge in [0.15, 0.2) is 0 Å². The first-order valence-corrected chi connectivity index (χ1v) is 9.08. The van der Waals surface area contributed by atoms with Crippen LogP contribution in [0.3, 0.4) is 0 Å². The standard InChI is InChI=1S/C9H7IN3P.C2H6/c1-6-8-4-7(5-11)2-3-9(8)13(12-6)14-10;1-2/h2-4,14H,1H3;1-2H3. The summed E-state index contributed by atoms with van der Waals surface area (Å²) in [6.45, 7) is 5.97. The van der Waals surface area contributed by atoms with Crippen LogP contribution in [0.5, 0.6) is 0 Å². The highest BCUT2D eigenvalue weighted by Crippen LogP contribution is 2.30. The van der Waals surface area contributed by atoms with Crippen LogP contribution in [0.4, 0.5) is 0 Å². The normalized spacial score (nSPS) is 10.2. The van der Waals surface area contributed by atoms with Crippen molar-refractivity contribution in [3.8, 4) is 6.07 Å². The lowest BCUT2D eigenvalue weighted by molar-refractivity contribution is 1.00. The first kappa shape index (κ1) is 13.4. The van der Waals surface area contributed by atoms with Crippen molar-refractivity contribution in [3.05, 3.63) is 29.5 Å². The molecule has 0 spiro atoms. The van der Waals surface area contributed by atoms with Crippen LogP contribution in [0, 0.1) is 18.3 Å². The van der Waals surface area contributed by atoms with Crippen molar-refractivity contribution in [1.82, 2.24) is 9.55 Å². The van der Waals surface area contributed by atoms with Gasteiger partial charge in [0, 0.05) is 5.39 Å². The molecule has 0 aliphatic carbocycles. The van der Waals surface area contributed by atoms with Crippen LogP contribution in [0.15, 0.2) is 18.2 Å². The van der Waals surface area contributed by atoms with Gasteiger partial charge in [0.25, 0.3) is 0 Å². The van der Waals surface area contributed by atoms with Gasteiger partial charge in [-0.2, -0.15) is 10.4 Å². The molecule has 0 saturated carbocycles. The molecule has 1 unspecified atom stereocenters. The number of aryl methyl sites for hydroxylation is 1. The molecule has 0 aliphatic heterocycles. The molecule has 1 heterocycles. The van der Waals surface area contributed by atoms with Crippen LogP contribution < -0.4 is 0 Å². The monoisotopic (exact) mass is 345 g/mol. The zero-order valence-electron chi connectivity index (χ0n) is 9.45. The number of benzene rings is 1. The summed E-state index contributed by atoms with van der Waals surface area (Å²) in [6, 6.07) is 7.82. The molecule has 1 atom stereocenters. The fraction of sp³-hybridized carbons (Fsp3) is 0.273. The Kier molecular flexibility index (Phi) is 5.17. The molecule has 2 aromatic rings. The van der Waals surface area contributed by atoms with Gasteiger partial charge in [0.2, 0.25) is 0 Å². The van der Waals surface area contributed by atoms with E-state index in [1.165, 1.54) is 0 Å². The van der Waals surface area contributed by atoms with Gasteiger partial charge < -0.3 is 0 Å². The van der Waals surface area contributed by atoms with Crippen LogP contribution in [0.1, 0.15) is 25.1 Å². The molecule has 0 saturated heterocycles. The topological polar surface area (TPSA) is 41.6 Å². The van der Waals surface area contributed by atoms with Gasteiger partial charge in [-0.1, -0.05) is 13.8 Å². The van der Waals surface area contributed by atoms with Crippen molar-refractivity contribution in [3.63, 3.8) is 0 Å². The van der Waals surface area contributed by atoms with Gasteiger partial charge >= 0.3 is 0 Å². The van der Waals surface area contributed by atoms with Crippen molar-refractivity contribution >= 4 is 39.3 Å². The third-order valence-corrected chi connectivity index (χ3v) is 3.95. The van der Waals surface area contributed by atoms with E-state index in [0.29, 0.717) is 11.9 Å². The Labute approximate surface area is 110 Å². The summed E-state index contributed by atoms with van der Waals surface area (Å²) in [4.78, 5) is 0. The highest BCUT2D eigenvalue weighted by atomic mass is 127. The van der Waals surface area contributed by atoms with Crippen LogP contribution in [0.25, 0.3) is 10.9 Å². The van der Waals surface area contributed by atoms with E-state index in [-0.39, 0.29) is 0 Å². The fourth-order valence-electron chi connectivity index (χ4n) is 1.40. The molecule has 0 N–H and O–H groups in total. The minimum atomic E-state index is 0.595. The minimum absolute atomic E-state index is 0.595. The number of nitrogens with zero attached hydrogens (tertiary/aromatic N) is 3. The van der Waals surface area contributed by atoms with Gasteiger partial charge in [-0.15, -0.1) is 0 Å². The van der Waals surface area contributed by atoms with E-state index < -0.39 is 0 Å². The summed E-state index contributed by atoms with van der Waals surface area (Å²) in [5.41, 5.74) is 2.78. The molecule has 0 radical (unpaired) electrons. The molecule has 0 bridgehead atoms. The molecule has 1 aromatic carbocycles. The molecule has 16 heavy (non-hydrogen) atoms. The Hall–Kier alpha value is -0.660. The molecule has 0 aliphatic rings. The average molecular weight is 345 g/mol. The van der Waals surface area contributed by atoms with Crippen molar-refractivity contribution in [2.75, 3.05) is 0 Å². The van der Waals surface area contributed by atoms with E-state index in [1.807, 2.05) is 43.4 Å². The van der Waals surface area contributed by atoms with E-state index in [2.05, 4.69) is 33.2 Å². The third-order valence-electron chi connectivity index (χ3n) is 2.07. The summed E-state index contributed by atoms with van der Waals surface area (Å²) < 4.78 is 1.96. The second-order valence-corrected chi connectivity index (χ2v) is 4.97. The maximum atomic E-state index is 8.77. The zero-order chi connectivity index (χ0) is 12.1. The lowest BCUT2D eigenvalue weighted by atomic mass is 10.1. The number of aromatic nitrogens is 2. The van der Waals surface area contributed by atoms with E-state index in [4.69, 9.17) is 5.26 Å². The molecule has 2 rings (SSSR count). The smallest absolute Gasteiger partial charge is 0.0991 e. The van der Waals surface area contributed by atoms with Crippen molar-refractivity contribution in [2.45, 2.75) is 20.8 Å². The zero-order valence-corrected chi connectivity index (χ0v) is 12.6. The average Bonchev–Trinajstić information content (AvgIpc) is 2.68. The molecular weight excluding hydrogens is 332 g/mol. The molecule has 5 heteroatoms. The van der Waals surface area contributed by atoms with Crippen LogP contribution in [0.2, 0.25) is 0 Å². The third kappa shape index (κ3) is 2.53. The summed E-state index contributed by atoms with van der Waals surface area (Å²) >= 11 is 2.30. The predicted octanol–water partition coefficient (Wildman–Crippen LogP) is 4.03. The van der Waals surface area contributed by atoms with Crippen LogP contribution in [-0.2, 0) is 0 Å². The number of nitriles is 1. The number of fused-ring (bicyclic) bond motifs is 1. The van der Waals surface area contributed by atoms with Crippen molar-refractivity contribution in [1.29, 1.82) is 5.26 Å². The lowest BCUT2D eigenvalue weighted by Crippen LogP contribution is -1.82. The highest BCUT2D eigenvalue weighted by molar-refractivity contribution is 14.2. The second-order valence-electron chi connectivity index (χ2n) is 2.93. The van der Waals surface area contributed by atoms with E-state index >= 15 is 0 Å². The molecule has 1 aromatic heterocycles. The number of hydrogen-bond acceptors (Lipinski definition) is 2. The summed E-state index contributed by atoms with van der Waals surface area (Å²) in [5, 5.41) is 14.2. The predicted molar refractivity (Wildman–Crippen MR) is 78.3 cm³/mol. The van der Waals surface area contributed by atoms with E-state index in [0.717, 1.165) is 16.6 Å². The number of halogens is 1. The molecule has 84 valence electrons. The fourth-order valence-corrected chi connectivity index (χ4v) is 2.98. The summed E-state index contributed by atoms with van der Waals surface area (Å²) in [6.07, 6.45) is 0.595. The SMILES string of the molecule is CC.Cc1nn(PI)c2ccc(C#N)cc12. The first-order chi connectivity index (χ1) is 7.76. The first-order valence-electron chi connectivity index (χ1n) is 5.02. The molecule has 0 fully saturated rings. The maximum Gasteiger partial charge on any atom is 0.0991 e. The largest absolute Gasteiger partial charge is 0.237 e. The van der Waals surface area contributed by atoms with Gasteiger partial charge in [0.1, 0.15) is 0 Å². The molecular formula is C11H13IN3P. The van der Waals surface area contributed by atoms with Gasteiger partial charge in [0.05, 0.1) is 29.2 Å². The van der Waals surface area contributed by atoms with Crippen molar-refractivity contribution < 1.29 is 0 Å². The van der Waals surface area contributed by atoms with Gasteiger partial charge in [-0.05, 0) is 47.2 Å². The minimum Gasteiger partial charge on any atom is -0.237 e. The lowest BCUT2D eigenvalue weighted by Gasteiger charge is -1.95. The highest BCUT2D eigenvalue weighted by Gasteiger charge is 2.06. The Balaban J connectivity index is 0.000000606. The Bertz CT molecular complexity index is 528. The second kappa shape index (κ2) is 6.17. The number of rotatable bonds is 1. The van der Waals surface area contributed by atoms with Gasteiger partial charge in [-0.3, -0.25) is 0 Å². The van der Waals surface area contributed by atoms with E-state index in [9.17, 15) is 0 Å². The van der Waals surface area contributed by atoms with Crippen LogP contribution in [-0.4, -0.2) is 9.55 Å². The van der Waals surface area contributed by atoms with Crippen molar-refractivity contribution in [2.24, 2.45) is 0 Å². The molecule has 3 nitrogen and oxygen atoms in total. The summed E-state index contributed by atoms with van der Waals surface area (Å²) in [5.74, 6) is 0. The Morgan fingerprint density at radius 2 is 2.12 bits per heavy atom. The Morgan fingerprint density at radius 1 is 1.44 bits per heavy atom. The summed E-state index contributed by atoms with van der Waals surface area (Å²) in [7, 11) is 0. The maximum absolute atomic E-state index is 8.77. The van der Waals surface area contributed by atoms with Crippen LogP contribution >= 0.6 is 28.4 Å².